The molecule has 0 aliphatic carbocycles. The van der Waals surface area contributed by atoms with E-state index in [0.29, 0.717) is 22.2 Å². The third-order valence-corrected chi connectivity index (χ3v) is 2.84. The van der Waals surface area contributed by atoms with Gasteiger partial charge in [0.25, 0.3) is 0 Å². The number of hydrogen-bond acceptors (Lipinski definition) is 3. The minimum absolute atomic E-state index is 0.231. The van der Waals surface area contributed by atoms with Crippen molar-refractivity contribution in [3.05, 3.63) is 33.8 Å². The highest BCUT2D eigenvalue weighted by Gasteiger charge is 2.11. The van der Waals surface area contributed by atoms with Crippen LogP contribution in [0.15, 0.2) is 18.2 Å². The molecule has 0 saturated carbocycles. The van der Waals surface area contributed by atoms with Crippen molar-refractivity contribution in [1.82, 2.24) is 4.90 Å². The van der Waals surface area contributed by atoms with Crippen molar-refractivity contribution >= 4 is 23.2 Å². The topological polar surface area (TPSA) is 32.7 Å². The highest BCUT2D eigenvalue weighted by Crippen LogP contribution is 2.26. The second-order valence-electron chi connectivity index (χ2n) is 4.06. The lowest BCUT2D eigenvalue weighted by Gasteiger charge is -2.15. The Bertz CT molecular complexity index is 358. The van der Waals surface area contributed by atoms with Gasteiger partial charge in [-0.25, -0.2) is 0 Å². The fourth-order valence-corrected chi connectivity index (χ4v) is 1.84. The molecule has 0 amide bonds. The molecule has 0 bridgehead atoms. The number of benzene rings is 1. The van der Waals surface area contributed by atoms with Crippen LogP contribution in [0, 0.1) is 0 Å². The van der Waals surface area contributed by atoms with E-state index in [-0.39, 0.29) is 6.61 Å². The molecule has 0 heterocycles. The second kappa shape index (κ2) is 7.19. The van der Waals surface area contributed by atoms with Crippen LogP contribution >= 0.6 is 23.2 Å². The van der Waals surface area contributed by atoms with Gasteiger partial charge in [-0.15, -0.1) is 0 Å². The van der Waals surface area contributed by atoms with E-state index in [1.807, 2.05) is 19.0 Å². The fourth-order valence-electron chi connectivity index (χ4n) is 1.30. The molecule has 5 heteroatoms. The summed E-state index contributed by atoms with van der Waals surface area (Å²) in [4.78, 5) is 2.02. The Morgan fingerprint density at radius 1 is 1.35 bits per heavy atom. The van der Waals surface area contributed by atoms with Crippen molar-refractivity contribution in [2.45, 2.75) is 6.10 Å². The Labute approximate surface area is 112 Å². The van der Waals surface area contributed by atoms with E-state index < -0.39 is 6.10 Å². The average Bonchev–Trinajstić information content (AvgIpc) is 2.23. The number of nitrogens with zero attached hydrogens (tertiary/aromatic N) is 1. The van der Waals surface area contributed by atoms with Gasteiger partial charge in [-0.3, -0.25) is 0 Å². The summed E-state index contributed by atoms with van der Waals surface area (Å²) in [6, 6.07) is 5.03. The largest absolute Gasteiger partial charge is 0.386 e. The third-order valence-electron chi connectivity index (χ3n) is 2.28. The zero-order chi connectivity index (χ0) is 12.8. The highest BCUT2D eigenvalue weighted by molar-refractivity contribution is 6.35. The number of hydrogen-bond donors (Lipinski definition) is 1. The van der Waals surface area contributed by atoms with Gasteiger partial charge in [0.15, 0.2) is 0 Å². The lowest BCUT2D eigenvalue weighted by Crippen LogP contribution is -2.19. The molecule has 1 unspecified atom stereocenters. The average molecular weight is 278 g/mol. The van der Waals surface area contributed by atoms with Crippen molar-refractivity contribution < 1.29 is 9.84 Å². The van der Waals surface area contributed by atoms with Gasteiger partial charge >= 0.3 is 0 Å². The summed E-state index contributed by atoms with van der Waals surface area (Å²) < 4.78 is 5.36. The maximum atomic E-state index is 9.89. The quantitative estimate of drug-likeness (QED) is 0.812. The van der Waals surface area contributed by atoms with Crippen LogP contribution in [0.3, 0.4) is 0 Å². The number of aliphatic hydroxyl groups is 1. The van der Waals surface area contributed by atoms with Crippen LogP contribution in [0.25, 0.3) is 0 Å². The Morgan fingerprint density at radius 3 is 2.65 bits per heavy atom. The first-order chi connectivity index (χ1) is 8.00. The Morgan fingerprint density at radius 2 is 2.06 bits per heavy atom. The predicted octanol–water partition coefficient (Wildman–Crippen LogP) is 2.61. The molecule has 0 aromatic heterocycles. The number of ether oxygens (including phenoxy) is 1. The van der Waals surface area contributed by atoms with E-state index >= 15 is 0 Å². The first kappa shape index (κ1) is 14.7. The van der Waals surface area contributed by atoms with E-state index in [2.05, 4.69) is 0 Å². The monoisotopic (exact) mass is 277 g/mol. The van der Waals surface area contributed by atoms with Crippen LogP contribution < -0.4 is 0 Å². The van der Waals surface area contributed by atoms with Gasteiger partial charge in [0.2, 0.25) is 0 Å². The molecule has 17 heavy (non-hydrogen) atoms. The van der Waals surface area contributed by atoms with Crippen molar-refractivity contribution in [3.8, 4) is 0 Å². The van der Waals surface area contributed by atoms with Gasteiger partial charge in [0.05, 0.1) is 13.2 Å². The van der Waals surface area contributed by atoms with E-state index in [1.54, 1.807) is 18.2 Å². The standard InChI is InChI=1S/C12H17Cl2NO2/c1-15(2)5-6-17-8-12(16)10-4-3-9(13)7-11(10)14/h3-4,7,12,16H,5-6,8H2,1-2H3. The van der Waals surface area contributed by atoms with Crippen LogP contribution in [0.1, 0.15) is 11.7 Å². The molecule has 0 aliphatic heterocycles. The summed E-state index contributed by atoms with van der Waals surface area (Å²) in [5.41, 5.74) is 0.640. The normalized spacial score (nSPS) is 13.1. The number of likely N-dealkylation sites (N-methyl/N-ethyl adjacent to an activating group) is 1. The maximum Gasteiger partial charge on any atom is 0.104 e. The fraction of sp³-hybridized carbons (Fsp3) is 0.500. The molecule has 1 rings (SSSR count). The molecule has 0 saturated heterocycles. The van der Waals surface area contributed by atoms with E-state index in [4.69, 9.17) is 27.9 Å². The van der Waals surface area contributed by atoms with Gasteiger partial charge < -0.3 is 14.7 Å². The SMILES string of the molecule is CN(C)CCOCC(O)c1ccc(Cl)cc1Cl. The minimum Gasteiger partial charge on any atom is -0.386 e. The van der Waals surface area contributed by atoms with Crippen LogP contribution in [0.4, 0.5) is 0 Å². The van der Waals surface area contributed by atoms with E-state index in [0.717, 1.165) is 6.54 Å². The smallest absolute Gasteiger partial charge is 0.104 e. The lowest BCUT2D eigenvalue weighted by atomic mass is 10.1. The summed E-state index contributed by atoms with van der Waals surface area (Å²) >= 11 is 11.8. The predicted molar refractivity (Wildman–Crippen MR) is 70.8 cm³/mol. The van der Waals surface area contributed by atoms with Gasteiger partial charge in [0.1, 0.15) is 6.10 Å². The molecular formula is C12H17Cl2NO2. The van der Waals surface area contributed by atoms with Crippen LogP contribution in [0.5, 0.6) is 0 Å². The first-order valence-corrected chi connectivity index (χ1v) is 6.12. The lowest BCUT2D eigenvalue weighted by molar-refractivity contribution is 0.0307. The third kappa shape index (κ3) is 5.23. The number of aliphatic hydroxyl groups excluding tert-OH is 1. The molecule has 1 atom stereocenters. The summed E-state index contributed by atoms with van der Waals surface area (Å²) in [5, 5.41) is 10.9. The van der Waals surface area contributed by atoms with Crippen molar-refractivity contribution in [2.24, 2.45) is 0 Å². The molecule has 1 N–H and O–H groups in total. The second-order valence-corrected chi connectivity index (χ2v) is 4.90. The molecule has 1 aromatic carbocycles. The Hall–Kier alpha value is -0.320. The summed E-state index contributed by atoms with van der Waals surface area (Å²) in [6.07, 6.45) is -0.720. The van der Waals surface area contributed by atoms with E-state index in [9.17, 15) is 5.11 Å². The minimum atomic E-state index is -0.720. The maximum absolute atomic E-state index is 9.89. The summed E-state index contributed by atoms with van der Waals surface area (Å²) in [7, 11) is 3.94. The van der Waals surface area contributed by atoms with Gasteiger partial charge in [-0.2, -0.15) is 0 Å². The summed E-state index contributed by atoms with van der Waals surface area (Å²) in [5.74, 6) is 0. The van der Waals surface area contributed by atoms with Crippen molar-refractivity contribution in [1.29, 1.82) is 0 Å². The first-order valence-electron chi connectivity index (χ1n) is 5.36. The Balaban J connectivity index is 2.44. The van der Waals surface area contributed by atoms with Crippen molar-refractivity contribution in [3.63, 3.8) is 0 Å². The van der Waals surface area contributed by atoms with E-state index in [1.165, 1.54) is 0 Å². The Kier molecular flexibility index (Phi) is 6.23. The number of rotatable bonds is 6. The van der Waals surface area contributed by atoms with Crippen LogP contribution in [0.2, 0.25) is 10.0 Å². The zero-order valence-electron chi connectivity index (χ0n) is 9.99. The summed E-state index contributed by atoms with van der Waals surface area (Å²) in [6.45, 7) is 1.63. The van der Waals surface area contributed by atoms with Gasteiger partial charge in [0, 0.05) is 22.2 Å². The molecule has 0 radical (unpaired) electrons. The van der Waals surface area contributed by atoms with Crippen molar-refractivity contribution in [2.75, 3.05) is 33.9 Å². The zero-order valence-corrected chi connectivity index (χ0v) is 11.5. The van der Waals surface area contributed by atoms with Crippen LogP contribution in [-0.2, 0) is 4.74 Å². The van der Waals surface area contributed by atoms with Gasteiger partial charge in [-0.05, 0) is 26.2 Å². The molecule has 1 aromatic rings. The van der Waals surface area contributed by atoms with Gasteiger partial charge in [-0.1, -0.05) is 29.3 Å². The molecule has 3 nitrogen and oxygen atoms in total. The molecule has 0 aliphatic rings. The number of halogens is 2. The highest BCUT2D eigenvalue weighted by atomic mass is 35.5. The molecule has 0 fully saturated rings. The molecule has 0 spiro atoms. The van der Waals surface area contributed by atoms with Crippen LogP contribution in [-0.4, -0.2) is 43.9 Å². The molecular weight excluding hydrogens is 261 g/mol. The molecule has 96 valence electrons.